The summed E-state index contributed by atoms with van der Waals surface area (Å²) in [4.78, 5) is 12.4. The number of nitrogens with zero attached hydrogens (tertiary/aromatic N) is 2. The number of benzene rings is 2. The molecule has 0 unspecified atom stereocenters. The second kappa shape index (κ2) is 9.94. The van der Waals surface area contributed by atoms with E-state index in [-0.39, 0.29) is 17.7 Å². The summed E-state index contributed by atoms with van der Waals surface area (Å²) < 4.78 is 10.8. The summed E-state index contributed by atoms with van der Waals surface area (Å²) in [5.41, 5.74) is 1.92. The van der Waals surface area contributed by atoms with E-state index in [9.17, 15) is 4.79 Å². The third-order valence-electron chi connectivity index (χ3n) is 4.18. The van der Waals surface area contributed by atoms with Crippen LogP contribution in [-0.4, -0.2) is 29.0 Å². The topological polar surface area (TPSA) is 77.2 Å². The van der Waals surface area contributed by atoms with Crippen LogP contribution in [0.4, 0.5) is 0 Å². The zero-order chi connectivity index (χ0) is 19.8. The number of ether oxygens (including phenoxy) is 1. The van der Waals surface area contributed by atoms with Crippen LogP contribution in [0.25, 0.3) is 11.5 Å². The van der Waals surface area contributed by atoms with Crippen LogP contribution < -0.4 is 10.1 Å². The average molecular weight is 398 g/mol. The van der Waals surface area contributed by atoms with E-state index in [0.29, 0.717) is 11.1 Å². The number of hydrogen-bond acceptors (Lipinski definition) is 6. The van der Waals surface area contributed by atoms with Gasteiger partial charge in [-0.2, -0.15) is 0 Å². The van der Waals surface area contributed by atoms with Gasteiger partial charge in [0.15, 0.2) is 0 Å². The Bertz CT molecular complexity index is 881. The van der Waals surface area contributed by atoms with Crippen molar-refractivity contribution in [2.75, 3.05) is 12.9 Å². The predicted octanol–water partition coefficient (Wildman–Crippen LogP) is 4.49. The van der Waals surface area contributed by atoms with Crippen molar-refractivity contribution in [3.8, 4) is 17.2 Å². The Kier molecular flexibility index (Phi) is 7.08. The quantitative estimate of drug-likeness (QED) is 0.536. The first-order valence-electron chi connectivity index (χ1n) is 9.14. The number of rotatable bonds is 9. The molecule has 0 spiro atoms. The van der Waals surface area contributed by atoms with E-state index < -0.39 is 0 Å². The van der Waals surface area contributed by atoms with Crippen LogP contribution in [0.5, 0.6) is 5.75 Å². The first-order valence-corrected chi connectivity index (χ1v) is 10.1. The Morgan fingerprint density at radius 1 is 1.14 bits per heavy atom. The Morgan fingerprint density at radius 2 is 1.89 bits per heavy atom. The van der Waals surface area contributed by atoms with Crippen LogP contribution >= 0.6 is 11.8 Å². The van der Waals surface area contributed by atoms with E-state index in [1.807, 2.05) is 54.6 Å². The smallest absolute Gasteiger partial charge is 0.277 e. The van der Waals surface area contributed by atoms with Crippen LogP contribution in [-0.2, 0) is 4.79 Å². The number of carbonyl (C=O) groups excluding carboxylic acids is 1. The van der Waals surface area contributed by atoms with Gasteiger partial charge < -0.3 is 14.5 Å². The largest absolute Gasteiger partial charge is 0.497 e. The molecule has 2 aromatic carbocycles. The van der Waals surface area contributed by atoms with Crippen LogP contribution in [0.15, 0.2) is 64.2 Å². The molecule has 0 fully saturated rings. The van der Waals surface area contributed by atoms with Crippen molar-refractivity contribution in [1.82, 2.24) is 15.5 Å². The van der Waals surface area contributed by atoms with E-state index in [1.165, 1.54) is 11.8 Å². The number of thioether (sulfide) groups is 1. The van der Waals surface area contributed by atoms with Crippen molar-refractivity contribution >= 4 is 17.7 Å². The third-order valence-corrected chi connectivity index (χ3v) is 5.00. The van der Waals surface area contributed by atoms with E-state index in [0.717, 1.165) is 29.7 Å². The van der Waals surface area contributed by atoms with Crippen LogP contribution in [0.3, 0.4) is 0 Å². The van der Waals surface area contributed by atoms with Gasteiger partial charge in [-0.1, -0.05) is 55.4 Å². The molecule has 0 saturated heterocycles. The summed E-state index contributed by atoms with van der Waals surface area (Å²) in [5.74, 6) is 1.34. The highest BCUT2D eigenvalue weighted by Gasteiger charge is 2.15. The van der Waals surface area contributed by atoms with Crippen molar-refractivity contribution in [3.63, 3.8) is 0 Å². The number of nitrogens with one attached hydrogen (secondary N) is 1. The van der Waals surface area contributed by atoms with Gasteiger partial charge in [-0.15, -0.1) is 10.2 Å². The molecule has 146 valence electrons. The normalized spacial score (nSPS) is 11.8. The fourth-order valence-corrected chi connectivity index (χ4v) is 3.35. The van der Waals surface area contributed by atoms with Gasteiger partial charge in [-0.3, -0.25) is 4.79 Å². The lowest BCUT2D eigenvalue weighted by molar-refractivity contribution is -0.119. The van der Waals surface area contributed by atoms with Gasteiger partial charge in [0.2, 0.25) is 11.8 Å². The Hall–Kier alpha value is -2.80. The van der Waals surface area contributed by atoms with Gasteiger partial charge >= 0.3 is 0 Å². The molecule has 0 aliphatic carbocycles. The maximum atomic E-state index is 12.4. The minimum atomic E-state index is -0.0588. The monoisotopic (exact) mass is 397 g/mol. The highest BCUT2D eigenvalue weighted by molar-refractivity contribution is 7.99. The van der Waals surface area contributed by atoms with Crippen molar-refractivity contribution in [3.05, 3.63) is 60.2 Å². The summed E-state index contributed by atoms with van der Waals surface area (Å²) in [5, 5.41) is 11.5. The molecule has 0 saturated carbocycles. The highest BCUT2D eigenvalue weighted by Crippen LogP contribution is 2.25. The van der Waals surface area contributed by atoms with Gasteiger partial charge in [0, 0.05) is 5.56 Å². The van der Waals surface area contributed by atoms with Crippen molar-refractivity contribution in [2.45, 2.75) is 31.0 Å². The van der Waals surface area contributed by atoms with Crippen molar-refractivity contribution in [2.24, 2.45) is 0 Å². The number of amides is 1. The van der Waals surface area contributed by atoms with Gasteiger partial charge in [0.1, 0.15) is 5.75 Å². The molecule has 1 N–H and O–H groups in total. The molecule has 1 atom stereocenters. The molecule has 28 heavy (non-hydrogen) atoms. The van der Waals surface area contributed by atoms with Crippen molar-refractivity contribution < 1.29 is 13.9 Å². The lowest BCUT2D eigenvalue weighted by Crippen LogP contribution is -2.29. The molecule has 3 aromatic rings. The van der Waals surface area contributed by atoms with Crippen LogP contribution in [0, 0.1) is 0 Å². The third kappa shape index (κ3) is 5.36. The Morgan fingerprint density at radius 3 is 2.57 bits per heavy atom. The van der Waals surface area contributed by atoms with E-state index in [1.54, 1.807) is 7.11 Å². The number of aromatic nitrogens is 2. The molecule has 0 aliphatic rings. The van der Waals surface area contributed by atoms with E-state index >= 15 is 0 Å². The average Bonchev–Trinajstić information content (AvgIpc) is 3.22. The maximum absolute atomic E-state index is 12.4. The molecule has 1 amide bonds. The minimum absolute atomic E-state index is 0.0110. The zero-order valence-corrected chi connectivity index (χ0v) is 16.7. The molecular weight excluding hydrogens is 374 g/mol. The van der Waals surface area contributed by atoms with Gasteiger partial charge in [0.25, 0.3) is 5.22 Å². The number of carbonyl (C=O) groups is 1. The van der Waals surface area contributed by atoms with Gasteiger partial charge in [-0.05, 0) is 36.2 Å². The summed E-state index contributed by atoms with van der Waals surface area (Å²) in [6, 6.07) is 17.4. The number of hydrogen-bond donors (Lipinski definition) is 1. The fraction of sp³-hybridized carbons (Fsp3) is 0.286. The first kappa shape index (κ1) is 19.9. The summed E-state index contributed by atoms with van der Waals surface area (Å²) in [6.07, 6.45) is 1.88. The predicted molar refractivity (Wildman–Crippen MR) is 109 cm³/mol. The molecule has 1 aromatic heterocycles. The summed E-state index contributed by atoms with van der Waals surface area (Å²) in [7, 11) is 1.62. The number of methoxy groups -OCH3 is 1. The molecule has 0 bridgehead atoms. The Labute approximate surface area is 168 Å². The second-order valence-corrected chi connectivity index (χ2v) is 7.14. The van der Waals surface area contributed by atoms with Gasteiger partial charge in [-0.25, -0.2) is 0 Å². The summed E-state index contributed by atoms with van der Waals surface area (Å²) >= 11 is 1.23. The van der Waals surface area contributed by atoms with Crippen LogP contribution in [0.1, 0.15) is 31.4 Å². The van der Waals surface area contributed by atoms with E-state index in [2.05, 4.69) is 22.4 Å². The highest BCUT2D eigenvalue weighted by atomic mass is 32.2. The van der Waals surface area contributed by atoms with Gasteiger partial charge in [0.05, 0.1) is 18.9 Å². The molecule has 0 aliphatic heterocycles. The molecule has 3 rings (SSSR count). The standard InChI is InChI=1S/C21H23N3O3S/c1-3-7-18(15-8-5-4-6-9-15)22-19(25)14-28-21-24-23-20(27-21)16-10-12-17(26-2)13-11-16/h4-6,8-13,18H,3,7,14H2,1-2H3,(H,22,25)/t18-/m0/s1. The lowest BCUT2D eigenvalue weighted by Gasteiger charge is -2.18. The van der Waals surface area contributed by atoms with Crippen LogP contribution in [0.2, 0.25) is 0 Å². The zero-order valence-electron chi connectivity index (χ0n) is 15.9. The Balaban J connectivity index is 1.56. The fourth-order valence-electron chi connectivity index (χ4n) is 2.78. The molecule has 1 heterocycles. The second-order valence-electron chi connectivity index (χ2n) is 6.21. The van der Waals surface area contributed by atoms with E-state index in [4.69, 9.17) is 9.15 Å². The summed E-state index contributed by atoms with van der Waals surface area (Å²) in [6.45, 7) is 2.11. The maximum Gasteiger partial charge on any atom is 0.277 e. The molecule has 6 nitrogen and oxygen atoms in total. The minimum Gasteiger partial charge on any atom is -0.497 e. The molecule has 0 radical (unpaired) electrons. The van der Waals surface area contributed by atoms with Crippen molar-refractivity contribution in [1.29, 1.82) is 0 Å². The lowest BCUT2D eigenvalue weighted by atomic mass is 10.0. The SMILES string of the molecule is CCC[C@H](NC(=O)CSc1nnc(-c2ccc(OC)cc2)o1)c1ccccc1. The molecular formula is C21H23N3O3S. The molecule has 7 heteroatoms. The first-order chi connectivity index (χ1) is 13.7.